The van der Waals surface area contributed by atoms with Crippen LogP contribution < -0.4 is 0 Å². The van der Waals surface area contributed by atoms with Crippen molar-refractivity contribution in [3.05, 3.63) is 0 Å². The van der Waals surface area contributed by atoms with Crippen molar-refractivity contribution in [2.45, 2.75) is 48.1 Å². The van der Waals surface area contributed by atoms with Crippen LogP contribution in [0.2, 0.25) is 0 Å². The Labute approximate surface area is 98.7 Å². The monoisotopic (exact) mass is 250 g/mol. The van der Waals surface area contributed by atoms with Crippen LogP contribution in [0.1, 0.15) is 13.8 Å². The number of rotatable bonds is 0. The Morgan fingerprint density at radius 1 is 0.765 bits per heavy atom. The van der Waals surface area contributed by atoms with Crippen LogP contribution in [-0.2, 0) is 0 Å². The van der Waals surface area contributed by atoms with Gasteiger partial charge in [-0.05, 0) is 13.8 Å². The fourth-order valence-corrected chi connectivity index (χ4v) is 1.79. The molecule has 1 aliphatic rings. The largest absolute Gasteiger partial charge is 0.249 e. The molecule has 0 bridgehead atoms. The van der Waals surface area contributed by atoms with Gasteiger partial charge in [-0.2, -0.15) is 0 Å². The molecule has 0 nitrogen and oxygen atoms in total. The smallest absolute Gasteiger partial charge is 0.171 e. The van der Waals surface area contributed by atoms with Crippen LogP contribution >= 0.6 is 0 Å². The van der Waals surface area contributed by atoms with Crippen LogP contribution in [0.5, 0.6) is 0 Å². The van der Waals surface area contributed by atoms with E-state index in [1.807, 2.05) is 0 Å². The van der Waals surface area contributed by atoms with Crippen LogP contribution in [0, 0.1) is 0 Å². The second-order valence-electron chi connectivity index (χ2n) is 4.62. The molecule has 0 spiro atoms. The first-order valence-electron chi connectivity index (χ1n) is 4.61. The van der Waals surface area contributed by atoms with Gasteiger partial charge in [0.2, 0.25) is 0 Å². The quantitative estimate of drug-likeness (QED) is 0.448. The highest BCUT2D eigenvalue weighted by molar-refractivity contribution is 6.28. The summed E-state index contributed by atoms with van der Waals surface area (Å²) in [6.45, 7) is 0.275. The van der Waals surface area contributed by atoms with Gasteiger partial charge in [0.05, 0.1) is 0 Å². The van der Waals surface area contributed by atoms with E-state index in [-0.39, 0.29) is 13.8 Å². The minimum Gasteiger partial charge on any atom is -0.249 e. The molecule has 1 aliphatic carbocycles. The molecule has 0 amide bonds. The predicted molar refractivity (Wildman–Crippen MR) is 52.7 cm³/mol. The van der Waals surface area contributed by atoms with Crippen LogP contribution in [0.3, 0.4) is 0 Å². The van der Waals surface area contributed by atoms with Crippen molar-refractivity contribution in [3.63, 3.8) is 0 Å². The maximum absolute atomic E-state index is 13.9. The zero-order chi connectivity index (χ0) is 14.1. The maximum Gasteiger partial charge on any atom is 0.171 e. The van der Waals surface area contributed by atoms with Gasteiger partial charge < -0.3 is 0 Å². The third-order valence-corrected chi connectivity index (χ3v) is 3.58. The summed E-state index contributed by atoms with van der Waals surface area (Å²) in [5.74, 6) is 0. The Morgan fingerprint density at radius 2 is 1.12 bits per heavy atom. The Balaban J connectivity index is 3.56. The van der Waals surface area contributed by atoms with Gasteiger partial charge in [-0.25, -0.2) is 26.3 Å². The summed E-state index contributed by atoms with van der Waals surface area (Å²) in [5.41, 5.74) is -20.7. The highest BCUT2D eigenvalue weighted by Gasteiger charge is 2.80. The van der Waals surface area contributed by atoms with Crippen LogP contribution in [-0.4, -0.2) is 57.8 Å². The first-order valence-corrected chi connectivity index (χ1v) is 4.61. The van der Waals surface area contributed by atoms with Crippen molar-refractivity contribution in [3.8, 4) is 0 Å². The van der Waals surface area contributed by atoms with Crippen molar-refractivity contribution in [1.29, 1.82) is 0 Å². The predicted octanol–water partition coefficient (Wildman–Crippen LogP) is 1.30. The molecule has 1 rings (SSSR count). The summed E-state index contributed by atoms with van der Waals surface area (Å²) in [6.07, 6.45) is -3.68. The van der Waals surface area contributed by atoms with Gasteiger partial charge in [-0.15, -0.1) is 0 Å². The van der Waals surface area contributed by atoms with Gasteiger partial charge in [-0.1, -0.05) is 0 Å². The average Bonchev–Trinajstić information content (AvgIpc) is 2.13. The molecule has 0 aromatic rings. The van der Waals surface area contributed by atoms with Gasteiger partial charge in [0.15, 0.2) is 17.5 Å². The Kier molecular flexibility index (Phi) is 2.80. The molecule has 1 fully saturated rings. The van der Waals surface area contributed by atoms with Crippen LogP contribution in [0.4, 0.5) is 26.3 Å². The van der Waals surface area contributed by atoms with Gasteiger partial charge in [0.1, 0.15) is 40.2 Å². The molecule has 0 heterocycles. The fraction of sp³-hybridized carbons (Fsp3) is 1.00. The lowest BCUT2D eigenvalue weighted by Gasteiger charge is -2.60. The molecular weight excluding hydrogens is 243 g/mol. The van der Waals surface area contributed by atoms with E-state index in [9.17, 15) is 26.3 Å². The zero-order valence-corrected chi connectivity index (χ0v) is 9.08. The van der Waals surface area contributed by atoms with Gasteiger partial charge >= 0.3 is 0 Å². The molecule has 17 heavy (non-hydrogen) atoms. The number of halogens is 6. The lowest BCUT2D eigenvalue weighted by atomic mass is 9.40. The molecule has 90 valence electrons. The summed E-state index contributed by atoms with van der Waals surface area (Å²) in [6, 6.07) is 0. The summed E-state index contributed by atoms with van der Waals surface area (Å²) in [4.78, 5) is 0. The van der Waals surface area contributed by atoms with Crippen LogP contribution in [0.15, 0.2) is 0 Å². The molecule has 6 atom stereocenters. The van der Waals surface area contributed by atoms with E-state index in [1.165, 1.54) is 0 Å². The van der Waals surface area contributed by atoms with E-state index in [2.05, 4.69) is 23.5 Å². The van der Waals surface area contributed by atoms with E-state index in [1.54, 1.807) is 0 Å². The van der Waals surface area contributed by atoms with Crippen molar-refractivity contribution in [2.75, 3.05) is 0 Å². The summed E-state index contributed by atoms with van der Waals surface area (Å²) in [5, 5.41) is 0. The number of alkyl halides is 6. The lowest BCUT2D eigenvalue weighted by Crippen LogP contribution is -2.83. The molecule has 9 heteroatoms. The number of hydrogen-bond acceptors (Lipinski definition) is 0. The maximum atomic E-state index is 13.9. The highest BCUT2D eigenvalue weighted by atomic mass is 19.2. The zero-order valence-electron chi connectivity index (χ0n) is 9.08. The molecule has 6 unspecified atom stereocenters. The van der Waals surface area contributed by atoms with E-state index in [0.29, 0.717) is 0 Å². The topological polar surface area (TPSA) is 0 Å². The van der Waals surface area contributed by atoms with Crippen molar-refractivity contribution in [1.82, 2.24) is 0 Å². The first kappa shape index (κ1) is 14.8. The third kappa shape index (κ3) is 1.31. The fourth-order valence-electron chi connectivity index (χ4n) is 1.79. The third-order valence-electron chi connectivity index (χ3n) is 3.58. The van der Waals surface area contributed by atoms with Gasteiger partial charge in [0.25, 0.3) is 0 Å². The Hall–Kier alpha value is -0.225. The minimum absolute atomic E-state index is 0.126. The SMILES string of the molecule is [B]C1(F)C(F)C([B])(F)C(C)(F)C(C)(F)C1([B])F. The molecule has 1 saturated carbocycles. The minimum atomic E-state index is -4.31. The molecule has 0 aromatic heterocycles. The molecule has 0 aliphatic heterocycles. The number of hydrogen-bond donors (Lipinski definition) is 0. The van der Waals surface area contributed by atoms with Crippen molar-refractivity contribution < 1.29 is 26.3 Å². The van der Waals surface area contributed by atoms with E-state index >= 15 is 0 Å². The summed E-state index contributed by atoms with van der Waals surface area (Å²) < 4.78 is 82.0. The highest BCUT2D eigenvalue weighted by Crippen LogP contribution is 2.59. The van der Waals surface area contributed by atoms with Crippen molar-refractivity contribution >= 4 is 23.5 Å². The van der Waals surface area contributed by atoms with E-state index in [0.717, 1.165) is 0 Å². The van der Waals surface area contributed by atoms with Crippen LogP contribution in [0.25, 0.3) is 0 Å². The first-order chi connectivity index (χ1) is 7.15. The molecular formula is C8H7B3F6. The molecule has 0 saturated heterocycles. The summed E-state index contributed by atoms with van der Waals surface area (Å²) >= 11 is 0. The van der Waals surface area contributed by atoms with Gasteiger partial charge in [-0.3, -0.25) is 0 Å². The molecule has 6 radical (unpaired) electrons. The van der Waals surface area contributed by atoms with E-state index < -0.39 is 34.2 Å². The van der Waals surface area contributed by atoms with E-state index in [4.69, 9.17) is 0 Å². The second-order valence-corrected chi connectivity index (χ2v) is 4.62. The average molecular weight is 250 g/mol. The second kappa shape index (κ2) is 3.21. The summed E-state index contributed by atoms with van der Waals surface area (Å²) in [7, 11) is 13.7. The molecule has 0 aromatic carbocycles. The van der Waals surface area contributed by atoms with Crippen molar-refractivity contribution in [2.24, 2.45) is 0 Å². The standard InChI is InChI=1S/C8H7B3F6/c1-4(13)5(2,14)8(11,17)7(10,16)3(12)6(4,9)15/h3H,1-2H3. The lowest BCUT2D eigenvalue weighted by molar-refractivity contribution is -0.232. The van der Waals surface area contributed by atoms with Gasteiger partial charge in [0, 0.05) is 0 Å². The molecule has 0 N–H and O–H groups in total. The Morgan fingerprint density at radius 3 is 1.47 bits per heavy atom. The normalized spacial score (nSPS) is 64.6. The Bertz CT molecular complexity index is 308.